The predicted molar refractivity (Wildman–Crippen MR) is 57.6 cm³/mol. The van der Waals surface area contributed by atoms with E-state index in [0.29, 0.717) is 6.42 Å². The van der Waals surface area contributed by atoms with E-state index in [1.807, 2.05) is 0 Å². The van der Waals surface area contributed by atoms with Crippen molar-refractivity contribution in [2.75, 3.05) is 0 Å². The summed E-state index contributed by atoms with van der Waals surface area (Å²) in [5.41, 5.74) is -2.67. The molecule has 0 aromatic heterocycles. The van der Waals surface area contributed by atoms with Crippen molar-refractivity contribution in [3.8, 4) is 0 Å². The lowest BCUT2D eigenvalue weighted by Gasteiger charge is -2.31. The van der Waals surface area contributed by atoms with E-state index < -0.39 is 46.0 Å². The van der Waals surface area contributed by atoms with Crippen molar-refractivity contribution in [3.63, 3.8) is 0 Å². The summed E-state index contributed by atoms with van der Waals surface area (Å²) in [6.45, 7) is 4.80. The van der Waals surface area contributed by atoms with Gasteiger partial charge >= 0.3 is 12.1 Å². The number of carbonyl (C=O) groups is 1. The molecule has 0 aromatic rings. The Labute approximate surface area is 112 Å². The maximum Gasteiger partial charge on any atom is 0.456 e. The number of halogens is 5. The summed E-state index contributed by atoms with van der Waals surface area (Å²) in [7, 11) is 0. The minimum Gasteiger partial charge on any atom is -0.871 e. The number of carbonyl (C=O) groups excluding carboxylic acids is 1. The minimum atomic E-state index is -5.98. The van der Waals surface area contributed by atoms with Gasteiger partial charge in [-0.1, -0.05) is 20.8 Å². The van der Waals surface area contributed by atoms with Gasteiger partial charge in [0, 0.05) is 5.41 Å². The smallest absolute Gasteiger partial charge is 0.456 e. The third-order valence-electron chi connectivity index (χ3n) is 5.21. The summed E-state index contributed by atoms with van der Waals surface area (Å²) in [5, 5.41) is 11.6. The van der Waals surface area contributed by atoms with E-state index in [2.05, 4.69) is 0 Å². The zero-order chi connectivity index (χ0) is 15.7. The van der Waals surface area contributed by atoms with Crippen molar-refractivity contribution < 1.29 is 31.9 Å². The molecule has 2 rings (SSSR count). The van der Waals surface area contributed by atoms with Crippen molar-refractivity contribution >= 4 is 5.78 Å². The highest BCUT2D eigenvalue weighted by molar-refractivity contribution is 6.05. The van der Waals surface area contributed by atoms with Crippen LogP contribution >= 0.6 is 0 Å². The van der Waals surface area contributed by atoms with Gasteiger partial charge in [-0.15, -0.1) is 0 Å². The molecule has 2 atom stereocenters. The highest BCUT2D eigenvalue weighted by Crippen LogP contribution is 2.66. The fraction of sp³-hybridized carbons (Fsp3) is 0.769. The molecule has 0 radical (unpaired) electrons. The van der Waals surface area contributed by atoms with Crippen LogP contribution < -0.4 is 5.11 Å². The predicted octanol–water partition coefficient (Wildman–Crippen LogP) is 2.82. The molecule has 2 saturated carbocycles. The Bertz CT molecular complexity index is 503. The number of Topliss-reactive ketones (excluding diaryl/α,β-unsaturated/α-hetero) is 1. The fourth-order valence-corrected chi connectivity index (χ4v) is 3.43. The van der Waals surface area contributed by atoms with Crippen molar-refractivity contribution in [1.82, 2.24) is 0 Å². The first-order valence-electron chi connectivity index (χ1n) is 6.19. The van der Waals surface area contributed by atoms with E-state index in [1.54, 1.807) is 13.8 Å². The van der Waals surface area contributed by atoms with Crippen LogP contribution in [0.2, 0.25) is 0 Å². The number of ketones is 1. The molecule has 0 aliphatic heterocycles. The maximum atomic E-state index is 13.2. The quantitative estimate of drug-likeness (QED) is 0.424. The van der Waals surface area contributed by atoms with Crippen LogP contribution in [-0.2, 0) is 4.79 Å². The second-order valence-corrected chi connectivity index (χ2v) is 6.29. The SMILES string of the molecule is CC12CCC(/C(=C(/[O-])C(F)(F)C(F)(F)F)C1=O)C2(C)C. The van der Waals surface area contributed by atoms with Crippen LogP contribution in [0.1, 0.15) is 33.6 Å². The maximum absolute atomic E-state index is 13.2. The summed E-state index contributed by atoms with van der Waals surface area (Å²) in [4.78, 5) is 12.2. The molecule has 20 heavy (non-hydrogen) atoms. The first kappa shape index (κ1) is 15.3. The molecule has 2 unspecified atom stereocenters. The van der Waals surface area contributed by atoms with Crippen LogP contribution in [-0.4, -0.2) is 17.9 Å². The molecule has 2 aliphatic carbocycles. The van der Waals surface area contributed by atoms with Crippen molar-refractivity contribution in [2.24, 2.45) is 16.7 Å². The standard InChI is InChI=1S/C13H15F5O2/c1-10(2)6-4-5-11(10,3)8(19)7(6)9(20)12(14,15)13(16,17)18/h6,20H,4-5H2,1-3H3/p-1/b9-7-. The number of hydrogen-bond acceptors (Lipinski definition) is 2. The number of alkyl halides is 5. The van der Waals surface area contributed by atoms with Gasteiger partial charge in [-0.05, 0) is 35.5 Å². The molecule has 2 nitrogen and oxygen atoms in total. The van der Waals surface area contributed by atoms with Gasteiger partial charge in [0.2, 0.25) is 0 Å². The van der Waals surface area contributed by atoms with Crippen LogP contribution in [0.25, 0.3) is 0 Å². The highest BCUT2D eigenvalue weighted by Gasteiger charge is 2.66. The number of rotatable bonds is 1. The largest absolute Gasteiger partial charge is 0.871 e. The van der Waals surface area contributed by atoms with E-state index in [1.165, 1.54) is 6.92 Å². The first-order chi connectivity index (χ1) is 8.78. The Hall–Kier alpha value is -1.14. The van der Waals surface area contributed by atoms with Crippen molar-refractivity contribution in [1.29, 1.82) is 0 Å². The lowest BCUT2D eigenvalue weighted by Crippen LogP contribution is -2.45. The molecule has 0 aromatic carbocycles. The van der Waals surface area contributed by atoms with Crippen molar-refractivity contribution in [3.05, 3.63) is 11.3 Å². The number of fused-ring (bicyclic) bond motifs is 2. The number of allylic oxidation sites excluding steroid dienone is 2. The Kier molecular flexibility index (Phi) is 2.85. The Morgan fingerprint density at radius 2 is 1.70 bits per heavy atom. The molecule has 2 bridgehead atoms. The van der Waals surface area contributed by atoms with Gasteiger partial charge in [-0.25, -0.2) is 0 Å². The fourth-order valence-electron chi connectivity index (χ4n) is 3.43. The number of hydrogen-bond donors (Lipinski definition) is 0. The van der Waals surface area contributed by atoms with Crippen LogP contribution in [0.4, 0.5) is 22.0 Å². The van der Waals surface area contributed by atoms with Crippen molar-refractivity contribution in [2.45, 2.75) is 45.7 Å². The zero-order valence-electron chi connectivity index (χ0n) is 11.2. The van der Waals surface area contributed by atoms with Crippen LogP contribution in [0, 0.1) is 16.7 Å². The van der Waals surface area contributed by atoms with Gasteiger partial charge in [0.05, 0.1) is 0 Å². The van der Waals surface area contributed by atoms with E-state index in [9.17, 15) is 31.9 Å². The van der Waals surface area contributed by atoms with Crippen LogP contribution in [0.15, 0.2) is 11.3 Å². The summed E-state index contributed by atoms with van der Waals surface area (Å²) >= 11 is 0. The topological polar surface area (TPSA) is 40.1 Å². The summed E-state index contributed by atoms with van der Waals surface area (Å²) < 4.78 is 63.3. The average Bonchev–Trinajstić information content (AvgIpc) is 2.58. The second kappa shape index (κ2) is 3.74. The lowest BCUT2D eigenvalue weighted by atomic mass is 9.70. The first-order valence-corrected chi connectivity index (χ1v) is 6.19. The molecule has 0 saturated heterocycles. The van der Waals surface area contributed by atoms with Gasteiger partial charge in [0.25, 0.3) is 0 Å². The molecule has 2 fully saturated rings. The average molecular weight is 297 g/mol. The summed E-state index contributed by atoms with van der Waals surface area (Å²) in [6, 6.07) is 0. The Morgan fingerprint density at radius 3 is 2.05 bits per heavy atom. The van der Waals surface area contributed by atoms with Crippen LogP contribution in [0.5, 0.6) is 0 Å². The molecular formula is C13H14F5O2-. The normalized spacial score (nSPS) is 35.6. The third kappa shape index (κ3) is 1.52. The van der Waals surface area contributed by atoms with E-state index in [0.717, 1.165) is 0 Å². The molecule has 0 amide bonds. The van der Waals surface area contributed by atoms with Gasteiger partial charge in [-0.2, -0.15) is 22.0 Å². The van der Waals surface area contributed by atoms with Gasteiger partial charge in [0.15, 0.2) is 5.78 Å². The van der Waals surface area contributed by atoms with Gasteiger partial charge in [-0.3, -0.25) is 4.79 Å². The summed E-state index contributed by atoms with van der Waals surface area (Å²) in [5.74, 6) is -9.57. The van der Waals surface area contributed by atoms with E-state index >= 15 is 0 Å². The molecule has 114 valence electrons. The third-order valence-corrected chi connectivity index (χ3v) is 5.21. The Morgan fingerprint density at radius 1 is 1.20 bits per heavy atom. The highest BCUT2D eigenvalue weighted by atomic mass is 19.4. The minimum absolute atomic E-state index is 0.282. The molecule has 2 aliphatic rings. The monoisotopic (exact) mass is 297 g/mol. The lowest BCUT2D eigenvalue weighted by molar-refractivity contribution is -0.384. The molecular weight excluding hydrogens is 283 g/mol. The summed E-state index contributed by atoms with van der Waals surface area (Å²) in [6.07, 6.45) is -5.30. The van der Waals surface area contributed by atoms with Gasteiger partial charge < -0.3 is 5.11 Å². The van der Waals surface area contributed by atoms with Gasteiger partial charge in [0.1, 0.15) is 0 Å². The Balaban J connectivity index is 2.61. The zero-order valence-corrected chi connectivity index (χ0v) is 11.2. The second-order valence-electron chi connectivity index (χ2n) is 6.29. The molecule has 0 heterocycles. The van der Waals surface area contributed by atoms with E-state index in [4.69, 9.17) is 0 Å². The molecule has 0 N–H and O–H groups in total. The molecule has 7 heteroatoms. The van der Waals surface area contributed by atoms with Crippen LogP contribution in [0.3, 0.4) is 0 Å². The molecule has 0 spiro atoms. The van der Waals surface area contributed by atoms with E-state index in [-0.39, 0.29) is 6.42 Å².